The number of aryl methyl sites for hydroxylation is 3. The Balaban J connectivity index is 1.86. The zero-order valence-electron chi connectivity index (χ0n) is 18.9. The smallest absolute Gasteiger partial charge is 0.341 e. The van der Waals surface area contributed by atoms with Crippen LogP contribution < -0.4 is 4.74 Å². The topological polar surface area (TPSA) is 131 Å². The van der Waals surface area contributed by atoms with Crippen molar-refractivity contribution in [3.8, 4) is 5.75 Å². The van der Waals surface area contributed by atoms with Crippen LogP contribution in [0.25, 0.3) is 6.08 Å². The van der Waals surface area contributed by atoms with E-state index in [1.54, 1.807) is 19.1 Å². The Morgan fingerprint density at radius 1 is 0.970 bits per heavy atom. The standard InChI is InChI=1S/C23H27N3O7/c1-16-17(2)25-20(18(3)24-16)12-13-22(27)33-21-11-7-6-10-19(21)23(28)31-14-8-4-5-9-15-32-26(29)30/h6-7,10-13H,4-5,8-9,14-15H2,1-3H3/b13-12+. The number of para-hydroxylation sites is 1. The number of nitrogens with zero attached hydrogens (tertiary/aromatic N) is 3. The van der Waals surface area contributed by atoms with Crippen molar-refractivity contribution < 1.29 is 29.0 Å². The van der Waals surface area contributed by atoms with Gasteiger partial charge in [-0.15, -0.1) is 10.1 Å². The van der Waals surface area contributed by atoms with E-state index in [1.165, 1.54) is 24.3 Å². The van der Waals surface area contributed by atoms with E-state index in [-0.39, 0.29) is 24.5 Å². The van der Waals surface area contributed by atoms with Gasteiger partial charge in [0.2, 0.25) is 0 Å². The zero-order chi connectivity index (χ0) is 24.2. The Morgan fingerprint density at radius 3 is 2.36 bits per heavy atom. The monoisotopic (exact) mass is 457 g/mol. The molecule has 0 radical (unpaired) electrons. The normalized spacial score (nSPS) is 10.8. The molecule has 2 aromatic rings. The number of rotatable bonds is 12. The maximum atomic E-state index is 12.4. The van der Waals surface area contributed by atoms with Gasteiger partial charge in [0.05, 0.1) is 36.0 Å². The summed E-state index contributed by atoms with van der Waals surface area (Å²) < 4.78 is 10.6. The number of ether oxygens (including phenoxy) is 2. The number of benzene rings is 1. The summed E-state index contributed by atoms with van der Waals surface area (Å²) in [5.41, 5.74) is 2.99. The molecule has 1 heterocycles. The van der Waals surface area contributed by atoms with Crippen LogP contribution in [0.1, 0.15) is 58.8 Å². The van der Waals surface area contributed by atoms with Crippen LogP contribution in [-0.2, 0) is 14.4 Å². The number of carbonyl (C=O) groups excluding carboxylic acids is 2. The summed E-state index contributed by atoms with van der Waals surface area (Å²) in [5.74, 6) is -1.17. The first-order chi connectivity index (χ1) is 15.8. The van der Waals surface area contributed by atoms with Gasteiger partial charge < -0.3 is 14.3 Å². The molecule has 33 heavy (non-hydrogen) atoms. The van der Waals surface area contributed by atoms with Gasteiger partial charge in [0.25, 0.3) is 5.09 Å². The predicted molar refractivity (Wildman–Crippen MR) is 119 cm³/mol. The Kier molecular flexibility index (Phi) is 9.94. The second kappa shape index (κ2) is 12.9. The summed E-state index contributed by atoms with van der Waals surface area (Å²) >= 11 is 0. The van der Waals surface area contributed by atoms with Crippen LogP contribution in [0.4, 0.5) is 0 Å². The molecule has 1 aromatic heterocycles. The van der Waals surface area contributed by atoms with E-state index < -0.39 is 17.0 Å². The number of aromatic nitrogens is 2. The third-order valence-electron chi connectivity index (χ3n) is 4.68. The fraction of sp³-hybridized carbons (Fsp3) is 0.391. The summed E-state index contributed by atoms with van der Waals surface area (Å²) in [5, 5.41) is 9.24. The largest absolute Gasteiger partial charge is 0.462 e. The maximum Gasteiger partial charge on any atom is 0.341 e. The van der Waals surface area contributed by atoms with Gasteiger partial charge in [-0.3, -0.25) is 4.98 Å². The van der Waals surface area contributed by atoms with Gasteiger partial charge in [0, 0.05) is 6.08 Å². The number of unbranched alkanes of at least 4 members (excludes halogenated alkanes) is 3. The van der Waals surface area contributed by atoms with Crippen LogP contribution in [0, 0.1) is 30.9 Å². The van der Waals surface area contributed by atoms with Crippen LogP contribution >= 0.6 is 0 Å². The third kappa shape index (κ3) is 8.68. The molecule has 0 amide bonds. The number of esters is 2. The van der Waals surface area contributed by atoms with E-state index in [9.17, 15) is 19.7 Å². The second-order valence-electron chi connectivity index (χ2n) is 7.22. The molecule has 10 heteroatoms. The molecule has 0 fully saturated rings. The maximum absolute atomic E-state index is 12.4. The number of hydrogen-bond acceptors (Lipinski definition) is 9. The van der Waals surface area contributed by atoms with E-state index in [0.717, 1.165) is 24.2 Å². The van der Waals surface area contributed by atoms with Crippen LogP contribution in [0.5, 0.6) is 5.75 Å². The molecule has 0 unspecified atom stereocenters. The lowest BCUT2D eigenvalue weighted by molar-refractivity contribution is -0.757. The van der Waals surface area contributed by atoms with Crippen molar-refractivity contribution in [1.29, 1.82) is 0 Å². The first kappa shape index (κ1) is 25.4. The summed E-state index contributed by atoms with van der Waals surface area (Å²) in [7, 11) is 0. The molecule has 0 bridgehead atoms. The molecule has 0 saturated heterocycles. The van der Waals surface area contributed by atoms with E-state index in [0.29, 0.717) is 24.2 Å². The lowest BCUT2D eigenvalue weighted by Crippen LogP contribution is -2.12. The van der Waals surface area contributed by atoms with Crippen molar-refractivity contribution in [2.45, 2.75) is 46.5 Å². The van der Waals surface area contributed by atoms with Gasteiger partial charge in [-0.25, -0.2) is 14.6 Å². The van der Waals surface area contributed by atoms with E-state index in [2.05, 4.69) is 14.8 Å². The molecule has 0 N–H and O–H groups in total. The summed E-state index contributed by atoms with van der Waals surface area (Å²) in [6, 6.07) is 6.32. The average molecular weight is 457 g/mol. The second-order valence-corrected chi connectivity index (χ2v) is 7.22. The van der Waals surface area contributed by atoms with Crippen LogP contribution in [0.3, 0.4) is 0 Å². The first-order valence-electron chi connectivity index (χ1n) is 10.5. The highest BCUT2D eigenvalue weighted by molar-refractivity contribution is 5.95. The van der Waals surface area contributed by atoms with Gasteiger partial charge in [-0.05, 0) is 58.2 Å². The molecule has 0 spiro atoms. The molecule has 0 aliphatic heterocycles. The number of hydrogen-bond donors (Lipinski definition) is 0. The van der Waals surface area contributed by atoms with E-state index >= 15 is 0 Å². The van der Waals surface area contributed by atoms with Crippen LogP contribution in [0.2, 0.25) is 0 Å². The molecular formula is C23H27N3O7. The fourth-order valence-corrected chi connectivity index (χ4v) is 2.84. The first-order valence-corrected chi connectivity index (χ1v) is 10.5. The Morgan fingerprint density at radius 2 is 1.64 bits per heavy atom. The summed E-state index contributed by atoms with van der Waals surface area (Å²) in [4.78, 5) is 47.8. The van der Waals surface area contributed by atoms with Crippen molar-refractivity contribution in [3.63, 3.8) is 0 Å². The highest BCUT2D eigenvalue weighted by Gasteiger charge is 2.15. The van der Waals surface area contributed by atoms with E-state index in [4.69, 9.17) is 9.47 Å². The Bertz CT molecular complexity index is 1020. The van der Waals surface area contributed by atoms with Crippen LogP contribution in [-0.4, -0.2) is 40.2 Å². The molecule has 0 aliphatic rings. The quantitative estimate of drug-likeness (QED) is 0.116. The molecule has 2 rings (SSSR count). The third-order valence-corrected chi connectivity index (χ3v) is 4.68. The highest BCUT2D eigenvalue weighted by Crippen LogP contribution is 2.20. The Hall–Kier alpha value is -3.82. The number of carbonyl (C=O) groups is 2. The van der Waals surface area contributed by atoms with Crippen molar-refractivity contribution in [1.82, 2.24) is 9.97 Å². The lowest BCUT2D eigenvalue weighted by atomic mass is 10.2. The van der Waals surface area contributed by atoms with Gasteiger partial charge in [0.1, 0.15) is 11.3 Å². The van der Waals surface area contributed by atoms with E-state index in [1.807, 2.05) is 13.8 Å². The van der Waals surface area contributed by atoms with Crippen molar-refractivity contribution in [3.05, 3.63) is 68.8 Å². The van der Waals surface area contributed by atoms with Gasteiger partial charge in [-0.2, -0.15) is 0 Å². The lowest BCUT2D eigenvalue weighted by Gasteiger charge is -2.09. The molecule has 0 aliphatic carbocycles. The van der Waals surface area contributed by atoms with Crippen molar-refractivity contribution in [2.75, 3.05) is 13.2 Å². The minimum absolute atomic E-state index is 0.0512. The zero-order valence-corrected chi connectivity index (χ0v) is 18.9. The Labute approximate surface area is 191 Å². The SMILES string of the molecule is Cc1nc(C)c(/C=C/C(=O)Oc2ccccc2C(=O)OCCCCCCO[N+](=O)[O-])nc1C. The minimum Gasteiger partial charge on any atom is -0.462 e. The molecule has 0 atom stereocenters. The molecule has 1 aromatic carbocycles. The molecule has 0 saturated carbocycles. The van der Waals surface area contributed by atoms with Crippen LogP contribution in [0.15, 0.2) is 30.3 Å². The van der Waals surface area contributed by atoms with Gasteiger partial charge >= 0.3 is 11.9 Å². The molecular weight excluding hydrogens is 430 g/mol. The summed E-state index contributed by atoms with van der Waals surface area (Å²) in [6.07, 6.45) is 5.36. The molecule has 10 nitrogen and oxygen atoms in total. The minimum atomic E-state index is -0.819. The fourth-order valence-electron chi connectivity index (χ4n) is 2.84. The van der Waals surface area contributed by atoms with Gasteiger partial charge in [0.15, 0.2) is 0 Å². The van der Waals surface area contributed by atoms with Crippen molar-refractivity contribution in [2.24, 2.45) is 0 Å². The predicted octanol–water partition coefficient (Wildman–Crippen LogP) is 3.95. The summed E-state index contributed by atoms with van der Waals surface area (Å²) in [6.45, 7) is 5.74. The average Bonchev–Trinajstić information content (AvgIpc) is 2.77. The highest BCUT2D eigenvalue weighted by atomic mass is 16.9. The van der Waals surface area contributed by atoms with Crippen molar-refractivity contribution >= 4 is 18.0 Å². The molecule has 176 valence electrons. The van der Waals surface area contributed by atoms with Gasteiger partial charge in [-0.1, -0.05) is 18.6 Å².